The van der Waals surface area contributed by atoms with Crippen LogP contribution in [-0.4, -0.2) is 48.3 Å². The topological polar surface area (TPSA) is 61.2 Å². The fourth-order valence-electron chi connectivity index (χ4n) is 2.46. The summed E-state index contributed by atoms with van der Waals surface area (Å²) in [4.78, 5) is 4.77. The summed E-state index contributed by atoms with van der Waals surface area (Å²) < 4.78 is 1.10. The lowest BCUT2D eigenvalue weighted by Gasteiger charge is -2.34. The normalized spacial score (nSPS) is 16.6. The molecule has 2 heterocycles. The van der Waals surface area contributed by atoms with Gasteiger partial charge < -0.3 is 15.5 Å². The molecule has 0 spiro atoms. The minimum absolute atomic E-state index is 0.513. The van der Waals surface area contributed by atoms with Crippen molar-refractivity contribution < 1.29 is 0 Å². The Kier molecular flexibility index (Phi) is 3.67. The minimum atomic E-state index is 0.513. The first kappa shape index (κ1) is 13.5. The van der Waals surface area contributed by atoms with Crippen molar-refractivity contribution in [2.75, 3.05) is 43.9 Å². The van der Waals surface area contributed by atoms with E-state index in [1.54, 1.807) is 0 Å². The number of nitrogens with zero attached hydrogens (tertiary/aromatic N) is 3. The number of aromatic amines is 1. The van der Waals surface area contributed by atoms with E-state index in [4.69, 9.17) is 5.73 Å². The van der Waals surface area contributed by atoms with E-state index < -0.39 is 0 Å². The molecule has 1 fully saturated rings. The van der Waals surface area contributed by atoms with Crippen molar-refractivity contribution in [1.29, 1.82) is 0 Å². The van der Waals surface area contributed by atoms with Crippen LogP contribution < -0.4 is 10.6 Å². The Balaban J connectivity index is 1.84. The number of rotatable bonds is 2. The summed E-state index contributed by atoms with van der Waals surface area (Å²) in [5.74, 6) is 0.513. The molecule has 106 valence electrons. The zero-order chi connectivity index (χ0) is 14.1. The van der Waals surface area contributed by atoms with E-state index >= 15 is 0 Å². The van der Waals surface area contributed by atoms with Gasteiger partial charge in [0.05, 0.1) is 11.4 Å². The lowest BCUT2D eigenvalue weighted by molar-refractivity contribution is 0.312. The SMILES string of the molecule is CN1CCN(c2ccc(-c3cc(N)n[nH]3)cc2Br)CC1. The van der Waals surface area contributed by atoms with Gasteiger partial charge in [0, 0.05) is 42.3 Å². The number of likely N-dealkylation sites (N-methyl/N-ethyl adjacent to an activating group) is 1. The molecule has 20 heavy (non-hydrogen) atoms. The summed E-state index contributed by atoms with van der Waals surface area (Å²) >= 11 is 3.68. The molecule has 1 aliphatic heterocycles. The Labute approximate surface area is 126 Å². The van der Waals surface area contributed by atoms with Crippen LogP contribution in [0, 0.1) is 0 Å². The third kappa shape index (κ3) is 2.66. The molecule has 0 radical (unpaired) electrons. The third-order valence-corrected chi connectivity index (χ3v) is 4.34. The Morgan fingerprint density at radius 1 is 1.20 bits per heavy atom. The maximum absolute atomic E-state index is 5.65. The number of nitrogen functional groups attached to an aromatic ring is 1. The van der Waals surface area contributed by atoms with Gasteiger partial charge in [-0.2, -0.15) is 5.10 Å². The molecule has 0 saturated carbocycles. The van der Waals surface area contributed by atoms with Gasteiger partial charge in [0.15, 0.2) is 0 Å². The zero-order valence-corrected chi connectivity index (χ0v) is 13.0. The number of benzene rings is 1. The number of piperazine rings is 1. The largest absolute Gasteiger partial charge is 0.382 e. The van der Waals surface area contributed by atoms with Crippen LogP contribution >= 0.6 is 15.9 Å². The smallest absolute Gasteiger partial charge is 0.145 e. The summed E-state index contributed by atoms with van der Waals surface area (Å²) in [5, 5.41) is 6.90. The van der Waals surface area contributed by atoms with Crippen molar-refractivity contribution in [1.82, 2.24) is 15.1 Å². The molecule has 1 aliphatic rings. The van der Waals surface area contributed by atoms with Gasteiger partial charge in [0.2, 0.25) is 0 Å². The number of nitrogens with two attached hydrogens (primary N) is 1. The number of aromatic nitrogens is 2. The predicted molar refractivity (Wildman–Crippen MR) is 85.8 cm³/mol. The van der Waals surface area contributed by atoms with Crippen molar-refractivity contribution in [3.63, 3.8) is 0 Å². The van der Waals surface area contributed by atoms with Crippen LogP contribution in [0.5, 0.6) is 0 Å². The first-order chi connectivity index (χ1) is 9.63. The molecule has 1 aromatic heterocycles. The second-order valence-corrected chi connectivity index (χ2v) is 6.02. The van der Waals surface area contributed by atoms with Crippen LogP contribution in [0.15, 0.2) is 28.7 Å². The van der Waals surface area contributed by atoms with E-state index in [-0.39, 0.29) is 0 Å². The van der Waals surface area contributed by atoms with E-state index in [0.29, 0.717) is 5.82 Å². The Bertz CT molecular complexity index is 601. The van der Waals surface area contributed by atoms with Crippen molar-refractivity contribution in [3.05, 3.63) is 28.7 Å². The molecule has 6 heteroatoms. The van der Waals surface area contributed by atoms with Crippen molar-refractivity contribution in [2.45, 2.75) is 0 Å². The summed E-state index contributed by atoms with van der Waals surface area (Å²) in [6.07, 6.45) is 0. The van der Waals surface area contributed by atoms with Gasteiger partial charge in [-0.3, -0.25) is 5.10 Å². The molecule has 0 aliphatic carbocycles. The molecular weight excluding hydrogens is 318 g/mol. The fraction of sp³-hybridized carbons (Fsp3) is 0.357. The maximum atomic E-state index is 5.65. The molecule has 0 unspecified atom stereocenters. The average molecular weight is 336 g/mol. The highest BCUT2D eigenvalue weighted by atomic mass is 79.9. The maximum Gasteiger partial charge on any atom is 0.145 e. The van der Waals surface area contributed by atoms with Crippen LogP contribution in [0.4, 0.5) is 11.5 Å². The number of halogens is 1. The third-order valence-electron chi connectivity index (χ3n) is 3.70. The second-order valence-electron chi connectivity index (χ2n) is 5.16. The van der Waals surface area contributed by atoms with E-state index in [1.165, 1.54) is 5.69 Å². The van der Waals surface area contributed by atoms with E-state index in [0.717, 1.165) is 41.9 Å². The Morgan fingerprint density at radius 2 is 1.95 bits per heavy atom. The van der Waals surface area contributed by atoms with Gasteiger partial charge in [0.1, 0.15) is 5.82 Å². The number of hydrogen-bond acceptors (Lipinski definition) is 4. The highest BCUT2D eigenvalue weighted by Gasteiger charge is 2.16. The van der Waals surface area contributed by atoms with Gasteiger partial charge >= 0.3 is 0 Å². The van der Waals surface area contributed by atoms with Gasteiger partial charge in [0.25, 0.3) is 0 Å². The minimum Gasteiger partial charge on any atom is -0.382 e. The van der Waals surface area contributed by atoms with Crippen LogP contribution in [0.2, 0.25) is 0 Å². The molecule has 3 rings (SSSR count). The Morgan fingerprint density at radius 3 is 2.55 bits per heavy atom. The average Bonchev–Trinajstić information content (AvgIpc) is 2.87. The molecule has 5 nitrogen and oxygen atoms in total. The van der Waals surface area contributed by atoms with Gasteiger partial charge in [-0.25, -0.2) is 0 Å². The highest BCUT2D eigenvalue weighted by Crippen LogP contribution is 2.31. The lowest BCUT2D eigenvalue weighted by Crippen LogP contribution is -2.44. The summed E-state index contributed by atoms with van der Waals surface area (Å²) in [5.41, 5.74) is 8.91. The Hall–Kier alpha value is -1.53. The van der Waals surface area contributed by atoms with E-state index in [2.05, 4.69) is 61.2 Å². The number of hydrogen-bond donors (Lipinski definition) is 2. The van der Waals surface area contributed by atoms with Gasteiger partial charge in [-0.15, -0.1) is 0 Å². The molecule has 3 N–H and O–H groups in total. The second kappa shape index (κ2) is 5.46. The monoisotopic (exact) mass is 335 g/mol. The molecule has 1 aromatic carbocycles. The van der Waals surface area contributed by atoms with E-state index in [1.807, 2.05) is 6.07 Å². The highest BCUT2D eigenvalue weighted by molar-refractivity contribution is 9.10. The predicted octanol–water partition coefficient (Wildman–Crippen LogP) is 2.17. The van der Waals surface area contributed by atoms with Crippen LogP contribution in [0.3, 0.4) is 0 Å². The quantitative estimate of drug-likeness (QED) is 0.882. The first-order valence-corrected chi connectivity index (χ1v) is 7.47. The summed E-state index contributed by atoms with van der Waals surface area (Å²) in [6, 6.07) is 8.21. The number of anilines is 2. The lowest BCUT2D eigenvalue weighted by atomic mass is 10.1. The number of nitrogens with one attached hydrogen (secondary N) is 1. The van der Waals surface area contributed by atoms with Gasteiger partial charge in [-0.1, -0.05) is 6.07 Å². The van der Waals surface area contributed by atoms with Crippen LogP contribution in [-0.2, 0) is 0 Å². The van der Waals surface area contributed by atoms with Crippen molar-refractivity contribution in [2.24, 2.45) is 0 Å². The standard InChI is InChI=1S/C14H18BrN5/c1-19-4-6-20(7-5-19)13-3-2-10(8-11(13)15)12-9-14(16)18-17-12/h2-3,8-9H,4-7H2,1H3,(H3,16,17,18). The molecule has 0 amide bonds. The summed E-state index contributed by atoms with van der Waals surface area (Å²) in [6.45, 7) is 4.33. The van der Waals surface area contributed by atoms with Crippen molar-refractivity contribution >= 4 is 27.4 Å². The molecule has 0 atom stereocenters. The summed E-state index contributed by atoms with van der Waals surface area (Å²) in [7, 11) is 2.16. The van der Waals surface area contributed by atoms with Gasteiger partial charge in [-0.05, 0) is 35.1 Å². The van der Waals surface area contributed by atoms with Crippen molar-refractivity contribution in [3.8, 4) is 11.3 Å². The van der Waals surface area contributed by atoms with E-state index in [9.17, 15) is 0 Å². The van der Waals surface area contributed by atoms with Crippen LogP contribution in [0.25, 0.3) is 11.3 Å². The first-order valence-electron chi connectivity index (χ1n) is 6.68. The number of H-pyrrole nitrogens is 1. The molecule has 1 saturated heterocycles. The zero-order valence-electron chi connectivity index (χ0n) is 11.4. The fourth-order valence-corrected chi connectivity index (χ4v) is 3.09. The molecular formula is C14H18BrN5. The molecule has 0 bridgehead atoms. The van der Waals surface area contributed by atoms with Crippen LogP contribution in [0.1, 0.15) is 0 Å². The molecule has 2 aromatic rings.